The number of hydrogen-bond donors (Lipinski definition) is 1. The second-order valence-corrected chi connectivity index (χ2v) is 5.95. The van der Waals surface area contributed by atoms with Crippen molar-refractivity contribution in [1.82, 2.24) is 5.32 Å². The molecule has 0 saturated heterocycles. The van der Waals surface area contributed by atoms with Crippen LogP contribution in [0.25, 0.3) is 0 Å². The van der Waals surface area contributed by atoms with Crippen LogP contribution in [0.4, 0.5) is 0 Å². The number of ether oxygens (including phenoxy) is 2. The van der Waals surface area contributed by atoms with Crippen LogP contribution < -0.4 is 5.32 Å². The van der Waals surface area contributed by atoms with Crippen molar-refractivity contribution < 1.29 is 19.1 Å². The van der Waals surface area contributed by atoms with Crippen LogP contribution >= 0.6 is 0 Å². The van der Waals surface area contributed by atoms with Crippen molar-refractivity contribution in [2.45, 2.75) is 53.4 Å². The van der Waals surface area contributed by atoms with E-state index in [1.807, 2.05) is 20.8 Å². The Kier molecular flexibility index (Phi) is 10.5. The lowest BCUT2D eigenvalue weighted by Crippen LogP contribution is -2.38. The lowest BCUT2D eigenvalue weighted by molar-refractivity contribution is -0.140. The van der Waals surface area contributed by atoms with E-state index in [4.69, 9.17) is 9.47 Å². The Bertz CT molecular complexity index is 364. The molecular weight excluding hydrogens is 282 g/mol. The fourth-order valence-electron chi connectivity index (χ4n) is 1.53. The quantitative estimate of drug-likeness (QED) is 0.342. The molecule has 0 unspecified atom stereocenters. The van der Waals surface area contributed by atoms with Gasteiger partial charge >= 0.3 is 5.97 Å². The van der Waals surface area contributed by atoms with E-state index in [1.165, 1.54) is 0 Å². The van der Waals surface area contributed by atoms with Gasteiger partial charge in [-0.15, -0.1) is 0 Å². The molecule has 0 radical (unpaired) electrons. The summed E-state index contributed by atoms with van der Waals surface area (Å²) in [5.41, 5.74) is 0.157. The van der Waals surface area contributed by atoms with Gasteiger partial charge < -0.3 is 14.8 Å². The molecule has 0 aliphatic rings. The zero-order chi connectivity index (χ0) is 17.0. The predicted octanol–water partition coefficient (Wildman–Crippen LogP) is 2.85. The van der Waals surface area contributed by atoms with E-state index in [0.29, 0.717) is 31.8 Å². The van der Waals surface area contributed by atoms with Crippen molar-refractivity contribution in [3.05, 3.63) is 12.2 Å². The first-order valence-corrected chi connectivity index (χ1v) is 8.06. The fraction of sp³-hybridized carbons (Fsp3) is 0.765. The number of nitrogens with one attached hydrogen (secondary N) is 1. The second kappa shape index (κ2) is 11.2. The average Bonchev–Trinajstić information content (AvgIpc) is 2.50. The summed E-state index contributed by atoms with van der Waals surface area (Å²) in [6.45, 7) is 13.0. The van der Waals surface area contributed by atoms with E-state index in [-0.39, 0.29) is 23.9 Å². The minimum atomic E-state index is -0.353. The zero-order valence-electron chi connectivity index (χ0n) is 14.5. The first kappa shape index (κ1) is 20.6. The summed E-state index contributed by atoms with van der Waals surface area (Å²) < 4.78 is 10.4. The highest BCUT2D eigenvalue weighted by molar-refractivity contribution is 5.87. The molecule has 0 bridgehead atoms. The number of esters is 1. The first-order chi connectivity index (χ1) is 10.3. The summed E-state index contributed by atoms with van der Waals surface area (Å²) in [6, 6.07) is 0. The van der Waals surface area contributed by atoms with Gasteiger partial charge in [-0.25, -0.2) is 4.79 Å². The normalized spacial score (nSPS) is 11.1. The second-order valence-electron chi connectivity index (χ2n) is 5.95. The van der Waals surface area contributed by atoms with Crippen molar-refractivity contribution >= 4 is 11.9 Å². The topological polar surface area (TPSA) is 64.6 Å². The Hall–Kier alpha value is -1.36. The van der Waals surface area contributed by atoms with E-state index < -0.39 is 0 Å². The van der Waals surface area contributed by atoms with Gasteiger partial charge in [0, 0.05) is 17.5 Å². The minimum absolute atomic E-state index is 0.0252. The smallest absolute Gasteiger partial charge is 0.333 e. The Labute approximate surface area is 134 Å². The van der Waals surface area contributed by atoms with Crippen LogP contribution in [0.15, 0.2) is 12.2 Å². The molecule has 1 N–H and O–H groups in total. The molecule has 0 fully saturated rings. The lowest BCUT2D eigenvalue weighted by atomic mass is 9.89. The molecular formula is C17H31NO4. The Balaban J connectivity index is 3.61. The monoisotopic (exact) mass is 313 g/mol. The van der Waals surface area contributed by atoms with Gasteiger partial charge in [-0.1, -0.05) is 40.7 Å². The van der Waals surface area contributed by atoms with Crippen LogP contribution in [0.5, 0.6) is 0 Å². The summed E-state index contributed by atoms with van der Waals surface area (Å²) in [6.07, 6.45) is 3.43. The molecule has 0 atom stereocenters. The van der Waals surface area contributed by atoms with Crippen LogP contribution in [0.1, 0.15) is 53.4 Å². The molecule has 0 heterocycles. The van der Waals surface area contributed by atoms with Crippen molar-refractivity contribution in [1.29, 1.82) is 0 Å². The van der Waals surface area contributed by atoms with E-state index in [9.17, 15) is 9.59 Å². The van der Waals surface area contributed by atoms with Crippen molar-refractivity contribution in [3.8, 4) is 0 Å². The molecule has 0 aliphatic heterocycles. The summed E-state index contributed by atoms with van der Waals surface area (Å²) in [5.74, 6) is -0.327. The lowest BCUT2D eigenvalue weighted by Gasteiger charge is -2.21. The fourth-order valence-corrected chi connectivity index (χ4v) is 1.53. The number of hydrogen-bond acceptors (Lipinski definition) is 4. The third kappa shape index (κ3) is 8.82. The van der Waals surface area contributed by atoms with Gasteiger partial charge in [0.15, 0.2) is 0 Å². The van der Waals surface area contributed by atoms with Crippen LogP contribution in [0, 0.1) is 5.41 Å². The maximum absolute atomic E-state index is 11.8. The van der Waals surface area contributed by atoms with Crippen LogP contribution in [0.2, 0.25) is 0 Å². The van der Waals surface area contributed by atoms with Gasteiger partial charge in [0.1, 0.15) is 6.61 Å². The molecule has 5 heteroatoms. The molecule has 5 nitrogen and oxygen atoms in total. The minimum Gasteiger partial charge on any atom is -0.460 e. The average molecular weight is 313 g/mol. The largest absolute Gasteiger partial charge is 0.460 e. The molecule has 0 saturated carbocycles. The predicted molar refractivity (Wildman–Crippen MR) is 87.5 cm³/mol. The van der Waals surface area contributed by atoms with Crippen molar-refractivity contribution in [2.75, 3.05) is 26.4 Å². The number of unbranched alkanes of at least 4 members (excludes halogenated alkanes) is 1. The summed E-state index contributed by atoms with van der Waals surface area (Å²) >= 11 is 0. The number of amides is 1. The van der Waals surface area contributed by atoms with Gasteiger partial charge in [0.05, 0.1) is 13.2 Å². The summed E-state index contributed by atoms with van der Waals surface area (Å²) in [7, 11) is 0. The maximum atomic E-state index is 11.8. The van der Waals surface area contributed by atoms with E-state index in [0.717, 1.165) is 19.3 Å². The number of rotatable bonds is 12. The van der Waals surface area contributed by atoms with Gasteiger partial charge in [0.2, 0.25) is 5.91 Å². The Morgan fingerprint density at radius 2 is 1.82 bits per heavy atom. The van der Waals surface area contributed by atoms with E-state index in [1.54, 1.807) is 0 Å². The maximum Gasteiger partial charge on any atom is 0.333 e. The van der Waals surface area contributed by atoms with Crippen molar-refractivity contribution in [2.24, 2.45) is 5.41 Å². The molecule has 0 aromatic carbocycles. The van der Waals surface area contributed by atoms with Crippen LogP contribution in [0.3, 0.4) is 0 Å². The zero-order valence-corrected chi connectivity index (χ0v) is 14.5. The van der Waals surface area contributed by atoms with Crippen LogP contribution in [-0.4, -0.2) is 38.2 Å². The number of carbonyl (C=O) groups excluding carboxylic acids is 2. The molecule has 0 aromatic heterocycles. The molecule has 0 spiro atoms. The molecule has 22 heavy (non-hydrogen) atoms. The Morgan fingerprint density at radius 3 is 2.41 bits per heavy atom. The van der Waals surface area contributed by atoms with Gasteiger partial charge in [0.25, 0.3) is 0 Å². The molecule has 0 rings (SSSR count). The molecule has 1 amide bonds. The standard InChI is InChI=1S/C17H31NO4/c1-6-8-9-14(3)15(19)22-13-12-21-11-10-18-16(20)17(4,5)7-2/h3,6-13H2,1-2,4-5H3,(H,18,20). The van der Waals surface area contributed by atoms with E-state index in [2.05, 4.69) is 18.8 Å². The SMILES string of the molecule is C=C(CCCC)C(=O)OCCOCCNC(=O)C(C)(C)CC. The molecule has 0 aliphatic carbocycles. The van der Waals surface area contributed by atoms with Crippen LogP contribution in [-0.2, 0) is 19.1 Å². The highest BCUT2D eigenvalue weighted by Gasteiger charge is 2.24. The van der Waals surface area contributed by atoms with Gasteiger partial charge in [-0.05, 0) is 19.3 Å². The highest BCUT2D eigenvalue weighted by atomic mass is 16.6. The van der Waals surface area contributed by atoms with E-state index >= 15 is 0 Å². The first-order valence-electron chi connectivity index (χ1n) is 8.06. The Morgan fingerprint density at radius 1 is 1.14 bits per heavy atom. The third-order valence-corrected chi connectivity index (χ3v) is 3.61. The van der Waals surface area contributed by atoms with Crippen molar-refractivity contribution in [3.63, 3.8) is 0 Å². The highest BCUT2D eigenvalue weighted by Crippen LogP contribution is 2.18. The molecule has 128 valence electrons. The van der Waals surface area contributed by atoms with Gasteiger partial charge in [-0.3, -0.25) is 4.79 Å². The summed E-state index contributed by atoms with van der Waals surface area (Å²) in [4.78, 5) is 23.3. The summed E-state index contributed by atoms with van der Waals surface area (Å²) in [5, 5.41) is 2.83. The van der Waals surface area contributed by atoms with Gasteiger partial charge in [-0.2, -0.15) is 0 Å². The third-order valence-electron chi connectivity index (χ3n) is 3.61. The number of carbonyl (C=O) groups is 2. The molecule has 0 aromatic rings.